The zero-order valence-electron chi connectivity index (χ0n) is 10.2. The van der Waals surface area contributed by atoms with Crippen molar-refractivity contribution in [1.82, 2.24) is 14.6 Å². The van der Waals surface area contributed by atoms with E-state index in [4.69, 9.17) is 4.74 Å². The summed E-state index contributed by atoms with van der Waals surface area (Å²) < 4.78 is 6.99. The zero-order valence-corrected chi connectivity index (χ0v) is 10.2. The largest absolute Gasteiger partial charge is 0.478 e. The minimum absolute atomic E-state index is 0.0849. The molecular weight excluding hydrogens is 246 g/mol. The van der Waals surface area contributed by atoms with Gasteiger partial charge < -0.3 is 9.84 Å². The minimum atomic E-state index is -1.05. The molecule has 0 radical (unpaired) electrons. The fraction of sp³-hybridized carbons (Fsp3) is 0.154. The molecule has 0 saturated heterocycles. The first-order chi connectivity index (χ1) is 9.22. The fourth-order valence-electron chi connectivity index (χ4n) is 2.03. The Bertz CT molecular complexity index is 779. The van der Waals surface area contributed by atoms with E-state index in [1.54, 1.807) is 4.52 Å². The van der Waals surface area contributed by atoms with E-state index in [2.05, 4.69) is 10.1 Å². The third-order valence-corrected chi connectivity index (χ3v) is 2.82. The molecule has 0 saturated carbocycles. The van der Waals surface area contributed by atoms with Crippen LogP contribution in [0.1, 0.15) is 17.3 Å². The predicted molar refractivity (Wildman–Crippen MR) is 68.6 cm³/mol. The van der Waals surface area contributed by atoms with Gasteiger partial charge in [0.15, 0.2) is 0 Å². The summed E-state index contributed by atoms with van der Waals surface area (Å²) in [5, 5.41) is 13.3. The number of ether oxygens (including phenoxy) is 1. The van der Waals surface area contributed by atoms with Crippen LogP contribution < -0.4 is 4.74 Å². The molecule has 0 unspecified atom stereocenters. The Labute approximate surface area is 108 Å². The van der Waals surface area contributed by atoms with Crippen LogP contribution in [0.4, 0.5) is 0 Å². The quantitative estimate of drug-likeness (QED) is 0.776. The van der Waals surface area contributed by atoms with Gasteiger partial charge in [0.05, 0.1) is 23.8 Å². The van der Waals surface area contributed by atoms with Gasteiger partial charge in [-0.1, -0.05) is 12.1 Å². The average molecular weight is 257 g/mol. The van der Waals surface area contributed by atoms with E-state index in [1.165, 1.54) is 6.20 Å². The molecule has 0 aliphatic heterocycles. The Morgan fingerprint density at radius 3 is 2.95 bits per heavy atom. The van der Waals surface area contributed by atoms with Crippen LogP contribution in [0, 0.1) is 0 Å². The van der Waals surface area contributed by atoms with Gasteiger partial charge in [-0.05, 0) is 19.1 Å². The molecule has 19 heavy (non-hydrogen) atoms. The summed E-state index contributed by atoms with van der Waals surface area (Å²) in [5.41, 5.74) is 1.92. The Balaban J connectivity index is 2.46. The predicted octanol–water partition coefficient (Wildman–Crippen LogP) is 1.98. The van der Waals surface area contributed by atoms with Crippen LogP contribution >= 0.6 is 0 Å². The van der Waals surface area contributed by atoms with E-state index < -0.39 is 5.97 Å². The van der Waals surface area contributed by atoms with Crippen molar-refractivity contribution in [2.45, 2.75) is 6.92 Å². The van der Waals surface area contributed by atoms with Gasteiger partial charge in [0, 0.05) is 0 Å². The summed E-state index contributed by atoms with van der Waals surface area (Å²) in [6, 6.07) is 7.38. The fourth-order valence-corrected chi connectivity index (χ4v) is 2.03. The van der Waals surface area contributed by atoms with Crippen LogP contribution in [-0.2, 0) is 0 Å². The second kappa shape index (κ2) is 4.24. The van der Waals surface area contributed by atoms with Crippen LogP contribution in [0.25, 0.3) is 16.6 Å². The summed E-state index contributed by atoms with van der Waals surface area (Å²) >= 11 is 0. The number of carboxylic acid groups (broad SMARTS) is 1. The van der Waals surface area contributed by atoms with Crippen molar-refractivity contribution in [3.05, 3.63) is 36.0 Å². The Morgan fingerprint density at radius 1 is 1.42 bits per heavy atom. The number of rotatable bonds is 3. The highest BCUT2D eigenvalue weighted by molar-refractivity contribution is 5.98. The van der Waals surface area contributed by atoms with Crippen LogP contribution in [0.5, 0.6) is 5.88 Å². The zero-order chi connectivity index (χ0) is 13.4. The Morgan fingerprint density at radius 2 is 2.21 bits per heavy atom. The van der Waals surface area contributed by atoms with Crippen LogP contribution in [0.2, 0.25) is 0 Å². The van der Waals surface area contributed by atoms with E-state index in [9.17, 15) is 9.90 Å². The summed E-state index contributed by atoms with van der Waals surface area (Å²) in [6.45, 7) is 2.23. The number of hydrogen-bond donors (Lipinski definition) is 1. The van der Waals surface area contributed by atoms with Crippen LogP contribution in [0.15, 0.2) is 30.5 Å². The Kier molecular flexibility index (Phi) is 2.56. The number of carbonyl (C=O) groups is 1. The van der Waals surface area contributed by atoms with E-state index in [1.807, 2.05) is 31.2 Å². The van der Waals surface area contributed by atoms with Gasteiger partial charge >= 0.3 is 5.97 Å². The SMILES string of the molecule is CCOc1nc2ccccc2n2ncc(C(=O)O)c12. The normalized spacial score (nSPS) is 11.0. The molecule has 0 spiro atoms. The molecule has 0 atom stereocenters. The standard InChI is InChI=1S/C13H11N3O3/c1-2-19-12-11-8(13(17)18)7-14-16(11)10-6-4-3-5-9(10)15-12/h3-7H,2H2,1H3,(H,17,18). The smallest absolute Gasteiger partial charge is 0.339 e. The van der Waals surface area contributed by atoms with Gasteiger partial charge in [0.1, 0.15) is 11.1 Å². The van der Waals surface area contributed by atoms with Gasteiger partial charge in [0.2, 0.25) is 5.88 Å². The molecule has 0 amide bonds. The molecule has 2 heterocycles. The van der Waals surface area contributed by atoms with Gasteiger partial charge in [-0.15, -0.1) is 0 Å². The van der Waals surface area contributed by atoms with Crippen molar-refractivity contribution in [1.29, 1.82) is 0 Å². The maximum atomic E-state index is 11.2. The second-order valence-electron chi connectivity index (χ2n) is 3.96. The molecule has 6 nitrogen and oxygen atoms in total. The number of para-hydroxylation sites is 2. The van der Waals surface area contributed by atoms with Crippen molar-refractivity contribution in [3.8, 4) is 5.88 Å². The highest BCUT2D eigenvalue weighted by atomic mass is 16.5. The number of aromatic carboxylic acids is 1. The van der Waals surface area contributed by atoms with Crippen molar-refractivity contribution in [3.63, 3.8) is 0 Å². The van der Waals surface area contributed by atoms with Crippen LogP contribution in [-0.4, -0.2) is 32.3 Å². The molecule has 0 aliphatic rings. The summed E-state index contributed by atoms with van der Waals surface area (Å²) in [5.74, 6) is -0.760. The molecule has 0 bridgehead atoms. The van der Waals surface area contributed by atoms with Gasteiger partial charge in [-0.3, -0.25) is 0 Å². The first-order valence-corrected chi connectivity index (χ1v) is 5.85. The van der Waals surface area contributed by atoms with Crippen LogP contribution in [0.3, 0.4) is 0 Å². The van der Waals surface area contributed by atoms with Gasteiger partial charge in [-0.2, -0.15) is 5.10 Å². The first kappa shape index (κ1) is 11.5. The number of nitrogens with zero attached hydrogens (tertiary/aromatic N) is 3. The number of hydrogen-bond acceptors (Lipinski definition) is 4. The van der Waals surface area contributed by atoms with Gasteiger partial charge in [0.25, 0.3) is 0 Å². The minimum Gasteiger partial charge on any atom is -0.478 e. The summed E-state index contributed by atoms with van der Waals surface area (Å²) in [6.07, 6.45) is 1.31. The monoisotopic (exact) mass is 257 g/mol. The topological polar surface area (TPSA) is 76.7 Å². The Hall–Kier alpha value is -2.63. The first-order valence-electron chi connectivity index (χ1n) is 5.85. The molecule has 0 fully saturated rings. The molecule has 3 aromatic rings. The number of carboxylic acids is 1. The lowest BCUT2D eigenvalue weighted by Gasteiger charge is -2.07. The van der Waals surface area contributed by atoms with Gasteiger partial charge in [-0.25, -0.2) is 14.3 Å². The van der Waals surface area contributed by atoms with Crippen molar-refractivity contribution in [2.24, 2.45) is 0 Å². The van der Waals surface area contributed by atoms with E-state index in [-0.39, 0.29) is 11.4 Å². The molecule has 0 aliphatic carbocycles. The maximum absolute atomic E-state index is 11.2. The second-order valence-corrected chi connectivity index (χ2v) is 3.96. The van der Waals surface area contributed by atoms with E-state index in [0.717, 1.165) is 5.52 Å². The molecule has 3 rings (SSSR count). The highest BCUT2D eigenvalue weighted by Crippen LogP contribution is 2.26. The lowest BCUT2D eigenvalue weighted by molar-refractivity contribution is 0.0698. The van der Waals surface area contributed by atoms with E-state index >= 15 is 0 Å². The number of aromatic nitrogens is 3. The van der Waals surface area contributed by atoms with Crippen molar-refractivity contribution in [2.75, 3.05) is 6.61 Å². The average Bonchev–Trinajstić information content (AvgIpc) is 2.84. The maximum Gasteiger partial charge on any atom is 0.339 e. The van der Waals surface area contributed by atoms with Crippen molar-refractivity contribution >= 4 is 22.5 Å². The lowest BCUT2D eigenvalue weighted by Crippen LogP contribution is -2.03. The highest BCUT2D eigenvalue weighted by Gasteiger charge is 2.19. The lowest BCUT2D eigenvalue weighted by atomic mass is 10.2. The summed E-state index contributed by atoms with van der Waals surface area (Å²) in [4.78, 5) is 15.6. The molecule has 96 valence electrons. The number of fused-ring (bicyclic) bond motifs is 3. The molecule has 6 heteroatoms. The molecule has 1 aromatic carbocycles. The molecular formula is C13H11N3O3. The number of benzene rings is 1. The summed E-state index contributed by atoms with van der Waals surface area (Å²) in [7, 11) is 0. The van der Waals surface area contributed by atoms with Crippen molar-refractivity contribution < 1.29 is 14.6 Å². The van der Waals surface area contributed by atoms with E-state index in [0.29, 0.717) is 17.6 Å². The third-order valence-electron chi connectivity index (χ3n) is 2.82. The molecule has 1 N–H and O–H groups in total. The molecule has 2 aromatic heterocycles. The third kappa shape index (κ3) is 1.69.